The lowest BCUT2D eigenvalue weighted by Gasteiger charge is -2.34. The second-order valence-electron chi connectivity index (χ2n) is 3.75. The van der Waals surface area contributed by atoms with E-state index in [0.29, 0.717) is 26.3 Å². The van der Waals surface area contributed by atoms with E-state index in [4.69, 9.17) is 15.2 Å². The molecule has 5 heteroatoms. The third-order valence-corrected chi connectivity index (χ3v) is 2.46. The minimum atomic E-state index is -0.0515. The van der Waals surface area contributed by atoms with Gasteiger partial charge in [0.15, 0.2) is 0 Å². The molecule has 15 heavy (non-hydrogen) atoms. The topological polar surface area (TPSA) is 64.8 Å². The van der Waals surface area contributed by atoms with Gasteiger partial charge in [0.05, 0.1) is 12.7 Å². The molecule has 1 amide bonds. The molecule has 0 aromatic rings. The van der Waals surface area contributed by atoms with Crippen LogP contribution in [0.1, 0.15) is 13.8 Å². The van der Waals surface area contributed by atoms with Gasteiger partial charge in [0.2, 0.25) is 5.91 Å². The SMILES string of the molecule is CCOCC(=O)N1CCOC(C(C)N)C1. The van der Waals surface area contributed by atoms with Crippen molar-refractivity contribution >= 4 is 5.91 Å². The summed E-state index contributed by atoms with van der Waals surface area (Å²) in [5.74, 6) is 0.0193. The van der Waals surface area contributed by atoms with Gasteiger partial charge in [-0.3, -0.25) is 4.79 Å². The molecule has 88 valence electrons. The molecule has 2 atom stereocenters. The van der Waals surface area contributed by atoms with Gasteiger partial charge >= 0.3 is 0 Å². The lowest BCUT2D eigenvalue weighted by Crippen LogP contribution is -2.52. The van der Waals surface area contributed by atoms with Crippen LogP contribution in [0.15, 0.2) is 0 Å². The Hall–Kier alpha value is -0.650. The fraction of sp³-hybridized carbons (Fsp3) is 0.900. The lowest BCUT2D eigenvalue weighted by atomic mass is 10.1. The summed E-state index contributed by atoms with van der Waals surface area (Å²) >= 11 is 0. The van der Waals surface area contributed by atoms with Crippen molar-refractivity contribution in [2.24, 2.45) is 5.73 Å². The Morgan fingerprint density at radius 3 is 3.07 bits per heavy atom. The number of morpholine rings is 1. The average Bonchev–Trinajstić information content (AvgIpc) is 2.26. The average molecular weight is 216 g/mol. The van der Waals surface area contributed by atoms with Crippen molar-refractivity contribution in [3.8, 4) is 0 Å². The van der Waals surface area contributed by atoms with Crippen molar-refractivity contribution in [1.82, 2.24) is 4.90 Å². The summed E-state index contributed by atoms with van der Waals surface area (Å²) < 4.78 is 10.5. The highest BCUT2D eigenvalue weighted by Gasteiger charge is 2.26. The van der Waals surface area contributed by atoms with Crippen LogP contribution in [0, 0.1) is 0 Å². The zero-order valence-corrected chi connectivity index (χ0v) is 9.44. The standard InChI is InChI=1S/C10H20N2O3/c1-3-14-7-10(13)12-4-5-15-9(6-12)8(2)11/h8-9H,3-7,11H2,1-2H3. The van der Waals surface area contributed by atoms with Crippen LogP contribution >= 0.6 is 0 Å². The molecule has 1 heterocycles. The van der Waals surface area contributed by atoms with Crippen molar-refractivity contribution in [1.29, 1.82) is 0 Å². The predicted molar refractivity (Wildman–Crippen MR) is 56.5 cm³/mol. The molecule has 0 spiro atoms. The molecule has 0 bridgehead atoms. The van der Waals surface area contributed by atoms with Crippen LogP contribution in [0.3, 0.4) is 0 Å². The molecule has 1 aliphatic rings. The van der Waals surface area contributed by atoms with E-state index in [2.05, 4.69) is 0 Å². The Kier molecular flexibility index (Phi) is 5.01. The molecule has 2 N–H and O–H groups in total. The molecular weight excluding hydrogens is 196 g/mol. The van der Waals surface area contributed by atoms with Crippen LogP contribution in [-0.2, 0) is 14.3 Å². The Balaban J connectivity index is 2.38. The minimum Gasteiger partial charge on any atom is -0.373 e. The van der Waals surface area contributed by atoms with Crippen LogP contribution in [0.4, 0.5) is 0 Å². The molecule has 1 fully saturated rings. The molecule has 1 saturated heterocycles. The molecule has 5 nitrogen and oxygen atoms in total. The molecule has 2 unspecified atom stereocenters. The van der Waals surface area contributed by atoms with Crippen LogP contribution in [0.2, 0.25) is 0 Å². The summed E-state index contributed by atoms with van der Waals surface area (Å²) in [7, 11) is 0. The Bertz CT molecular complexity index is 209. The highest BCUT2D eigenvalue weighted by molar-refractivity contribution is 5.77. The molecular formula is C10H20N2O3. The van der Waals surface area contributed by atoms with E-state index in [0.717, 1.165) is 0 Å². The lowest BCUT2D eigenvalue weighted by molar-refractivity contribution is -0.144. The number of ether oxygens (including phenoxy) is 2. The Labute approximate surface area is 90.5 Å². The first kappa shape index (κ1) is 12.4. The maximum Gasteiger partial charge on any atom is 0.248 e. The molecule has 0 aromatic carbocycles. The first-order chi connectivity index (χ1) is 7.15. The summed E-state index contributed by atoms with van der Waals surface area (Å²) in [6, 6.07) is -0.0484. The van der Waals surface area contributed by atoms with E-state index >= 15 is 0 Å². The number of rotatable bonds is 4. The number of amides is 1. The molecule has 0 aliphatic carbocycles. The Morgan fingerprint density at radius 2 is 2.47 bits per heavy atom. The summed E-state index contributed by atoms with van der Waals surface area (Å²) in [4.78, 5) is 13.4. The van der Waals surface area contributed by atoms with Crippen LogP contribution in [0.25, 0.3) is 0 Å². The molecule has 1 aliphatic heterocycles. The third kappa shape index (κ3) is 3.77. The van der Waals surface area contributed by atoms with Crippen LogP contribution < -0.4 is 5.73 Å². The molecule has 0 saturated carbocycles. The summed E-state index contributed by atoms with van der Waals surface area (Å²) in [5, 5.41) is 0. The van der Waals surface area contributed by atoms with Crippen molar-refractivity contribution in [2.75, 3.05) is 32.9 Å². The van der Waals surface area contributed by atoms with Crippen LogP contribution in [-0.4, -0.2) is 55.9 Å². The van der Waals surface area contributed by atoms with Gasteiger partial charge in [-0.05, 0) is 13.8 Å². The van der Waals surface area contributed by atoms with Crippen molar-refractivity contribution in [3.05, 3.63) is 0 Å². The van der Waals surface area contributed by atoms with Gasteiger partial charge in [-0.15, -0.1) is 0 Å². The van der Waals surface area contributed by atoms with Gasteiger partial charge in [0.25, 0.3) is 0 Å². The predicted octanol–water partition coefficient (Wildman–Crippen LogP) is -0.402. The second-order valence-corrected chi connectivity index (χ2v) is 3.75. The fourth-order valence-corrected chi connectivity index (χ4v) is 1.50. The second kappa shape index (κ2) is 6.05. The number of nitrogens with zero attached hydrogens (tertiary/aromatic N) is 1. The fourth-order valence-electron chi connectivity index (χ4n) is 1.50. The quantitative estimate of drug-likeness (QED) is 0.694. The van der Waals surface area contributed by atoms with Crippen molar-refractivity contribution in [2.45, 2.75) is 26.0 Å². The largest absolute Gasteiger partial charge is 0.373 e. The minimum absolute atomic E-state index is 0.0193. The zero-order valence-electron chi connectivity index (χ0n) is 9.44. The van der Waals surface area contributed by atoms with Gasteiger partial charge in [0.1, 0.15) is 6.61 Å². The van der Waals surface area contributed by atoms with E-state index in [-0.39, 0.29) is 24.7 Å². The van der Waals surface area contributed by atoms with E-state index in [1.54, 1.807) is 4.90 Å². The third-order valence-electron chi connectivity index (χ3n) is 2.46. The maximum absolute atomic E-state index is 11.6. The van der Waals surface area contributed by atoms with Gasteiger partial charge in [-0.2, -0.15) is 0 Å². The van der Waals surface area contributed by atoms with Gasteiger partial charge in [0, 0.05) is 25.7 Å². The highest BCUT2D eigenvalue weighted by atomic mass is 16.5. The number of hydrogen-bond acceptors (Lipinski definition) is 4. The molecule has 0 aromatic heterocycles. The normalized spacial score (nSPS) is 23.9. The van der Waals surface area contributed by atoms with Gasteiger partial charge in [-0.1, -0.05) is 0 Å². The number of nitrogens with two attached hydrogens (primary N) is 1. The molecule has 1 rings (SSSR count). The molecule has 0 radical (unpaired) electrons. The van der Waals surface area contributed by atoms with Crippen LogP contribution in [0.5, 0.6) is 0 Å². The summed E-state index contributed by atoms with van der Waals surface area (Å²) in [6.45, 7) is 6.25. The zero-order chi connectivity index (χ0) is 11.3. The highest BCUT2D eigenvalue weighted by Crippen LogP contribution is 2.07. The smallest absolute Gasteiger partial charge is 0.248 e. The van der Waals surface area contributed by atoms with E-state index in [1.165, 1.54) is 0 Å². The maximum atomic E-state index is 11.6. The number of hydrogen-bond donors (Lipinski definition) is 1. The first-order valence-corrected chi connectivity index (χ1v) is 5.37. The Morgan fingerprint density at radius 1 is 1.73 bits per heavy atom. The monoisotopic (exact) mass is 216 g/mol. The first-order valence-electron chi connectivity index (χ1n) is 5.37. The van der Waals surface area contributed by atoms with Crippen molar-refractivity contribution in [3.63, 3.8) is 0 Å². The van der Waals surface area contributed by atoms with E-state index in [9.17, 15) is 4.79 Å². The number of carbonyl (C=O) groups excluding carboxylic acids is 1. The van der Waals surface area contributed by atoms with E-state index < -0.39 is 0 Å². The number of carbonyl (C=O) groups is 1. The van der Waals surface area contributed by atoms with Gasteiger partial charge < -0.3 is 20.1 Å². The van der Waals surface area contributed by atoms with Gasteiger partial charge in [-0.25, -0.2) is 0 Å². The van der Waals surface area contributed by atoms with E-state index in [1.807, 2.05) is 13.8 Å². The summed E-state index contributed by atoms with van der Waals surface area (Å²) in [6.07, 6.45) is -0.0515. The van der Waals surface area contributed by atoms with Crippen molar-refractivity contribution < 1.29 is 14.3 Å². The summed E-state index contributed by atoms with van der Waals surface area (Å²) in [5.41, 5.74) is 5.74.